The van der Waals surface area contributed by atoms with Crippen LogP contribution in [0, 0.1) is 28.6 Å². The van der Waals surface area contributed by atoms with Gasteiger partial charge in [-0.15, -0.1) is 0 Å². The molecule has 3 saturated carbocycles. The Kier molecular flexibility index (Phi) is 3.97. The minimum atomic E-state index is -0.0780. The number of allylic oxidation sites excluding steroid dienone is 1. The second-order valence-corrected chi connectivity index (χ2v) is 9.08. The normalized spacial score (nSPS) is 43.4. The molecule has 0 aromatic heterocycles. The van der Waals surface area contributed by atoms with Crippen molar-refractivity contribution in [2.45, 2.75) is 65.2 Å². The van der Waals surface area contributed by atoms with Gasteiger partial charge >= 0.3 is 0 Å². The molecule has 5 atom stereocenters. The fourth-order valence-electron chi connectivity index (χ4n) is 6.75. The smallest absolute Gasteiger partial charge is 0.197 e. The lowest BCUT2D eigenvalue weighted by molar-refractivity contribution is -0.133. The molecule has 0 saturated heterocycles. The molecule has 4 aliphatic rings. The highest BCUT2D eigenvalue weighted by Crippen LogP contribution is 2.64. The largest absolute Gasteiger partial charge is 0.486 e. The Morgan fingerprint density at radius 3 is 2.56 bits per heavy atom. The molecule has 3 heteroatoms. The van der Waals surface area contributed by atoms with Gasteiger partial charge < -0.3 is 4.74 Å². The topological polar surface area (TPSA) is 43.4 Å². The van der Waals surface area contributed by atoms with Gasteiger partial charge in [0.15, 0.2) is 11.5 Å². The molecule has 136 valence electrons. The maximum Gasteiger partial charge on any atom is 0.197 e. The number of ether oxygens (including phenoxy) is 1. The van der Waals surface area contributed by atoms with Crippen molar-refractivity contribution in [2.75, 3.05) is 6.61 Å². The summed E-state index contributed by atoms with van der Waals surface area (Å²) in [6.07, 6.45) is 9.31. The summed E-state index contributed by atoms with van der Waals surface area (Å²) in [5, 5.41) is 0. The van der Waals surface area contributed by atoms with Gasteiger partial charge in [-0.05, 0) is 67.3 Å². The number of fused-ring (bicyclic) bond motifs is 5. The maximum absolute atomic E-state index is 12.5. The van der Waals surface area contributed by atoms with E-state index in [-0.39, 0.29) is 16.6 Å². The second kappa shape index (κ2) is 5.82. The Balaban J connectivity index is 1.70. The quantitative estimate of drug-likeness (QED) is 0.703. The summed E-state index contributed by atoms with van der Waals surface area (Å²) in [6, 6.07) is 0. The van der Waals surface area contributed by atoms with Gasteiger partial charge in [0.05, 0.1) is 0 Å². The summed E-state index contributed by atoms with van der Waals surface area (Å²) in [6.45, 7) is 8.71. The highest BCUT2D eigenvalue weighted by molar-refractivity contribution is 5.95. The molecule has 0 spiro atoms. The van der Waals surface area contributed by atoms with Crippen molar-refractivity contribution < 1.29 is 14.3 Å². The monoisotopic (exact) mass is 342 g/mol. The van der Waals surface area contributed by atoms with Crippen LogP contribution >= 0.6 is 0 Å². The minimum absolute atomic E-state index is 0.0697. The SMILES string of the molecule is C=CCOC1=C2CCC3C4CCC(=O)C4(C)CCC3C2(C)CCC1=O. The maximum atomic E-state index is 12.5. The number of rotatable bonds is 3. The van der Waals surface area contributed by atoms with Crippen molar-refractivity contribution in [3.05, 3.63) is 24.0 Å². The van der Waals surface area contributed by atoms with E-state index in [2.05, 4.69) is 20.4 Å². The van der Waals surface area contributed by atoms with Gasteiger partial charge in [-0.3, -0.25) is 9.59 Å². The number of hydrogen-bond acceptors (Lipinski definition) is 3. The first-order chi connectivity index (χ1) is 11.9. The van der Waals surface area contributed by atoms with Crippen LogP contribution in [0.3, 0.4) is 0 Å². The predicted molar refractivity (Wildman–Crippen MR) is 96.8 cm³/mol. The molecule has 0 bridgehead atoms. The van der Waals surface area contributed by atoms with E-state index >= 15 is 0 Å². The molecule has 0 N–H and O–H groups in total. The predicted octanol–water partition coefficient (Wildman–Crippen LogP) is 4.62. The van der Waals surface area contributed by atoms with Gasteiger partial charge in [0, 0.05) is 18.3 Å². The van der Waals surface area contributed by atoms with E-state index in [1.165, 1.54) is 5.57 Å². The molecule has 0 aromatic carbocycles. The standard InChI is InChI=1S/C22H30O3/c1-4-13-25-20-17-6-5-14-15-7-8-19(24)22(15,3)11-9-16(14)21(17,2)12-10-18(20)23/h4,14-16H,1,5-13H2,2-3H3. The molecular weight excluding hydrogens is 312 g/mol. The Bertz CT molecular complexity index is 660. The molecule has 0 radical (unpaired) electrons. The Hall–Kier alpha value is -1.38. The third-order valence-electron chi connectivity index (χ3n) is 8.13. The van der Waals surface area contributed by atoms with E-state index in [0.717, 1.165) is 44.9 Å². The second-order valence-electron chi connectivity index (χ2n) is 9.08. The van der Waals surface area contributed by atoms with Crippen molar-refractivity contribution in [1.82, 2.24) is 0 Å². The fourth-order valence-corrected chi connectivity index (χ4v) is 6.75. The molecular formula is C22H30O3. The van der Waals surface area contributed by atoms with E-state index in [4.69, 9.17) is 4.74 Å². The first kappa shape index (κ1) is 17.1. The van der Waals surface area contributed by atoms with E-state index < -0.39 is 0 Å². The number of ketones is 2. The van der Waals surface area contributed by atoms with Crippen molar-refractivity contribution in [3.8, 4) is 0 Å². The van der Waals surface area contributed by atoms with Gasteiger partial charge in [0.1, 0.15) is 12.4 Å². The first-order valence-electron chi connectivity index (χ1n) is 9.95. The van der Waals surface area contributed by atoms with E-state index in [1.807, 2.05) is 0 Å². The number of hydrogen-bond donors (Lipinski definition) is 0. The van der Waals surface area contributed by atoms with Crippen LogP contribution in [0.15, 0.2) is 24.0 Å². The van der Waals surface area contributed by atoms with Crippen LogP contribution in [0.4, 0.5) is 0 Å². The summed E-state index contributed by atoms with van der Waals surface area (Å²) in [4.78, 5) is 25.0. The van der Waals surface area contributed by atoms with Crippen molar-refractivity contribution in [1.29, 1.82) is 0 Å². The Labute approximate surface area is 150 Å². The minimum Gasteiger partial charge on any atom is -0.486 e. The molecule has 25 heavy (non-hydrogen) atoms. The molecule has 0 heterocycles. The third-order valence-corrected chi connectivity index (χ3v) is 8.13. The van der Waals surface area contributed by atoms with Crippen molar-refractivity contribution >= 4 is 11.6 Å². The molecule has 0 amide bonds. The molecule has 4 rings (SSSR count). The molecule has 4 aliphatic carbocycles. The van der Waals surface area contributed by atoms with E-state index in [0.29, 0.717) is 42.3 Å². The summed E-state index contributed by atoms with van der Waals surface area (Å²) in [5.74, 6) is 3.08. The van der Waals surface area contributed by atoms with Crippen LogP contribution in [0.5, 0.6) is 0 Å². The third kappa shape index (κ3) is 2.30. The van der Waals surface area contributed by atoms with Crippen LogP contribution in [-0.2, 0) is 14.3 Å². The Morgan fingerprint density at radius 1 is 1.04 bits per heavy atom. The Morgan fingerprint density at radius 2 is 1.80 bits per heavy atom. The van der Waals surface area contributed by atoms with Gasteiger partial charge in [-0.2, -0.15) is 0 Å². The molecule has 3 nitrogen and oxygen atoms in total. The number of carbonyl (C=O) groups excluding carboxylic acids is 2. The average molecular weight is 342 g/mol. The highest BCUT2D eigenvalue weighted by Gasteiger charge is 2.59. The molecule has 0 aromatic rings. The zero-order valence-corrected chi connectivity index (χ0v) is 15.6. The van der Waals surface area contributed by atoms with Crippen LogP contribution in [-0.4, -0.2) is 18.2 Å². The number of Topliss-reactive ketones (excluding diaryl/α,β-unsaturated/α-hetero) is 2. The molecule has 3 fully saturated rings. The zero-order chi connectivity index (χ0) is 17.8. The zero-order valence-electron chi connectivity index (χ0n) is 15.6. The molecule has 0 aliphatic heterocycles. The van der Waals surface area contributed by atoms with Gasteiger partial charge in [-0.1, -0.05) is 26.5 Å². The summed E-state index contributed by atoms with van der Waals surface area (Å²) < 4.78 is 5.84. The average Bonchev–Trinajstić information content (AvgIpc) is 2.90. The number of carbonyl (C=O) groups is 2. The van der Waals surface area contributed by atoms with Crippen LogP contribution in [0.2, 0.25) is 0 Å². The fraction of sp³-hybridized carbons (Fsp3) is 0.727. The lowest BCUT2D eigenvalue weighted by Crippen LogP contribution is -2.51. The molecule has 5 unspecified atom stereocenters. The highest BCUT2D eigenvalue weighted by atomic mass is 16.5. The van der Waals surface area contributed by atoms with E-state index in [1.54, 1.807) is 6.08 Å². The lowest BCUT2D eigenvalue weighted by Gasteiger charge is -2.57. The summed E-state index contributed by atoms with van der Waals surface area (Å²) in [7, 11) is 0. The van der Waals surface area contributed by atoms with Crippen molar-refractivity contribution in [3.63, 3.8) is 0 Å². The van der Waals surface area contributed by atoms with Crippen LogP contribution in [0.25, 0.3) is 0 Å². The van der Waals surface area contributed by atoms with Gasteiger partial charge in [-0.25, -0.2) is 0 Å². The van der Waals surface area contributed by atoms with Crippen LogP contribution in [0.1, 0.15) is 65.2 Å². The first-order valence-corrected chi connectivity index (χ1v) is 9.95. The van der Waals surface area contributed by atoms with Gasteiger partial charge in [0.25, 0.3) is 0 Å². The van der Waals surface area contributed by atoms with Crippen molar-refractivity contribution in [2.24, 2.45) is 28.6 Å². The summed E-state index contributed by atoms with van der Waals surface area (Å²) >= 11 is 0. The van der Waals surface area contributed by atoms with Crippen LogP contribution < -0.4 is 0 Å². The lowest BCUT2D eigenvalue weighted by atomic mass is 9.47. The van der Waals surface area contributed by atoms with Gasteiger partial charge in [0.2, 0.25) is 0 Å². The van der Waals surface area contributed by atoms with E-state index in [9.17, 15) is 9.59 Å². The summed E-state index contributed by atoms with van der Waals surface area (Å²) in [5.41, 5.74) is 1.26.